The van der Waals surface area contributed by atoms with Crippen LogP contribution in [0.1, 0.15) is 11.6 Å². The number of fused-ring (bicyclic) bond motifs is 1. The molecule has 0 spiro atoms. The van der Waals surface area contributed by atoms with Gasteiger partial charge >= 0.3 is 6.03 Å². The number of benzene rings is 2. The van der Waals surface area contributed by atoms with Gasteiger partial charge in [0.25, 0.3) is 0 Å². The Morgan fingerprint density at radius 3 is 2.55 bits per heavy atom. The minimum Gasteiger partial charge on any atom is -0.454 e. The largest absolute Gasteiger partial charge is 0.454 e. The average Bonchev–Trinajstić information content (AvgIpc) is 3.19. The smallest absolute Gasteiger partial charge is 0.319 e. The highest BCUT2D eigenvalue weighted by Crippen LogP contribution is 2.35. The molecule has 2 N–H and O–H groups in total. The van der Waals surface area contributed by atoms with Crippen molar-refractivity contribution < 1.29 is 14.3 Å². The molecular formula is C21H25ClN4O3. The van der Waals surface area contributed by atoms with Crippen LogP contribution in [-0.4, -0.2) is 62.4 Å². The van der Waals surface area contributed by atoms with Crippen LogP contribution in [-0.2, 0) is 0 Å². The molecule has 4 rings (SSSR count). The summed E-state index contributed by atoms with van der Waals surface area (Å²) >= 11 is 5.90. The van der Waals surface area contributed by atoms with Gasteiger partial charge in [0, 0.05) is 43.4 Å². The summed E-state index contributed by atoms with van der Waals surface area (Å²) in [5.41, 5.74) is 1.80. The van der Waals surface area contributed by atoms with Gasteiger partial charge in [0.1, 0.15) is 0 Å². The summed E-state index contributed by atoms with van der Waals surface area (Å²) in [7, 11) is 2.13. The van der Waals surface area contributed by atoms with E-state index in [2.05, 4.69) is 33.5 Å². The lowest BCUT2D eigenvalue weighted by atomic mass is 10.0. The van der Waals surface area contributed by atoms with E-state index in [0.717, 1.165) is 43.2 Å². The number of likely N-dealkylation sites (N-methyl/N-ethyl adjacent to an activating group) is 1. The van der Waals surface area contributed by atoms with E-state index in [1.54, 1.807) is 24.3 Å². The predicted octanol–water partition coefficient (Wildman–Crippen LogP) is 3.18. The molecular weight excluding hydrogens is 392 g/mol. The van der Waals surface area contributed by atoms with E-state index >= 15 is 0 Å². The number of carbonyl (C=O) groups excluding carboxylic acids is 1. The molecule has 2 aliphatic heterocycles. The summed E-state index contributed by atoms with van der Waals surface area (Å²) in [5.74, 6) is 1.52. The van der Waals surface area contributed by atoms with Gasteiger partial charge in [-0.25, -0.2) is 4.79 Å². The van der Waals surface area contributed by atoms with E-state index in [4.69, 9.17) is 21.1 Å². The van der Waals surface area contributed by atoms with E-state index in [1.807, 2.05) is 12.1 Å². The third-order valence-electron chi connectivity index (χ3n) is 5.32. The average molecular weight is 417 g/mol. The maximum Gasteiger partial charge on any atom is 0.319 e. The van der Waals surface area contributed by atoms with Crippen molar-refractivity contribution in [1.82, 2.24) is 15.1 Å². The number of nitrogens with zero attached hydrogens (tertiary/aromatic N) is 2. The Kier molecular flexibility index (Phi) is 6.08. The number of hydrogen-bond acceptors (Lipinski definition) is 5. The Morgan fingerprint density at radius 1 is 1.07 bits per heavy atom. The van der Waals surface area contributed by atoms with Crippen LogP contribution in [0.25, 0.3) is 0 Å². The molecule has 2 aromatic rings. The number of carbonyl (C=O) groups is 1. The lowest BCUT2D eigenvalue weighted by Crippen LogP contribution is -2.48. The number of ether oxygens (including phenoxy) is 2. The van der Waals surface area contributed by atoms with Crippen LogP contribution in [0.4, 0.5) is 10.5 Å². The normalized spacial score (nSPS) is 17.7. The predicted molar refractivity (Wildman–Crippen MR) is 113 cm³/mol. The van der Waals surface area contributed by atoms with E-state index in [0.29, 0.717) is 17.3 Å². The van der Waals surface area contributed by atoms with Gasteiger partial charge < -0.3 is 25.0 Å². The molecule has 154 valence electrons. The molecule has 2 amide bonds. The SMILES string of the molecule is CN1CCN(C(CNC(=O)Nc2ccc(Cl)cc2)c2ccc3c(c2)OCO3)CC1. The molecule has 2 aliphatic rings. The fourth-order valence-corrected chi connectivity index (χ4v) is 3.74. The molecule has 0 saturated carbocycles. The zero-order chi connectivity index (χ0) is 20.2. The highest BCUT2D eigenvalue weighted by molar-refractivity contribution is 6.30. The van der Waals surface area contributed by atoms with E-state index in [-0.39, 0.29) is 18.9 Å². The number of rotatable bonds is 5. The van der Waals surface area contributed by atoms with Gasteiger partial charge in [-0.15, -0.1) is 0 Å². The topological polar surface area (TPSA) is 66.1 Å². The molecule has 1 unspecified atom stereocenters. The fraction of sp³-hybridized carbons (Fsp3) is 0.381. The number of hydrogen-bond donors (Lipinski definition) is 2. The first kappa shape index (κ1) is 19.8. The highest BCUT2D eigenvalue weighted by atomic mass is 35.5. The second-order valence-corrected chi connectivity index (χ2v) is 7.75. The zero-order valence-corrected chi connectivity index (χ0v) is 17.1. The second-order valence-electron chi connectivity index (χ2n) is 7.31. The third-order valence-corrected chi connectivity index (χ3v) is 5.57. The van der Waals surface area contributed by atoms with Crippen molar-refractivity contribution in [2.45, 2.75) is 6.04 Å². The van der Waals surface area contributed by atoms with Gasteiger partial charge in [-0.1, -0.05) is 17.7 Å². The number of urea groups is 1. The molecule has 7 nitrogen and oxygen atoms in total. The second kappa shape index (κ2) is 8.90. The van der Waals surface area contributed by atoms with Crippen LogP contribution in [0.2, 0.25) is 5.02 Å². The minimum absolute atomic E-state index is 0.0502. The van der Waals surface area contributed by atoms with Crippen LogP contribution in [0.3, 0.4) is 0 Å². The van der Waals surface area contributed by atoms with Crippen molar-refractivity contribution in [3.8, 4) is 11.5 Å². The molecule has 0 radical (unpaired) electrons. The van der Waals surface area contributed by atoms with Crippen molar-refractivity contribution in [2.24, 2.45) is 0 Å². The van der Waals surface area contributed by atoms with Crippen LogP contribution in [0.15, 0.2) is 42.5 Å². The van der Waals surface area contributed by atoms with Crippen molar-refractivity contribution >= 4 is 23.3 Å². The minimum atomic E-state index is -0.243. The van der Waals surface area contributed by atoms with Gasteiger partial charge in [-0.05, 0) is 49.0 Å². The molecule has 8 heteroatoms. The first-order chi connectivity index (χ1) is 14.1. The van der Waals surface area contributed by atoms with Gasteiger partial charge in [-0.3, -0.25) is 4.90 Å². The van der Waals surface area contributed by atoms with E-state index < -0.39 is 0 Å². The van der Waals surface area contributed by atoms with Crippen molar-refractivity contribution in [3.05, 3.63) is 53.1 Å². The maximum absolute atomic E-state index is 12.4. The molecule has 0 aliphatic carbocycles. The number of anilines is 1. The van der Waals surface area contributed by atoms with Gasteiger partial charge in [0.05, 0.1) is 6.04 Å². The van der Waals surface area contributed by atoms with Gasteiger partial charge in [0.2, 0.25) is 6.79 Å². The summed E-state index contributed by atoms with van der Waals surface area (Å²) in [6.07, 6.45) is 0. The fourth-order valence-electron chi connectivity index (χ4n) is 3.61. The van der Waals surface area contributed by atoms with Gasteiger partial charge in [0.15, 0.2) is 11.5 Å². The Labute approximate surface area is 175 Å². The number of piperazine rings is 1. The number of halogens is 1. The van der Waals surface area contributed by atoms with Gasteiger partial charge in [-0.2, -0.15) is 0 Å². The summed E-state index contributed by atoms with van der Waals surface area (Å²) in [6.45, 7) is 4.62. The van der Waals surface area contributed by atoms with Crippen molar-refractivity contribution in [1.29, 1.82) is 0 Å². The van der Waals surface area contributed by atoms with Crippen LogP contribution in [0.5, 0.6) is 11.5 Å². The Morgan fingerprint density at radius 2 is 1.79 bits per heavy atom. The summed E-state index contributed by atoms with van der Waals surface area (Å²) < 4.78 is 11.0. The molecule has 0 aromatic heterocycles. The molecule has 1 atom stereocenters. The van der Waals surface area contributed by atoms with E-state index in [9.17, 15) is 4.79 Å². The summed E-state index contributed by atoms with van der Waals surface area (Å²) in [5, 5.41) is 6.49. The lowest BCUT2D eigenvalue weighted by molar-refractivity contribution is 0.111. The molecule has 0 bridgehead atoms. The van der Waals surface area contributed by atoms with Crippen LogP contribution < -0.4 is 20.1 Å². The Bertz CT molecular complexity index is 854. The quantitative estimate of drug-likeness (QED) is 0.783. The monoisotopic (exact) mass is 416 g/mol. The van der Waals surface area contributed by atoms with Crippen LogP contribution >= 0.6 is 11.6 Å². The molecule has 2 aromatic carbocycles. The molecule has 1 saturated heterocycles. The molecule has 1 fully saturated rings. The van der Waals surface area contributed by atoms with E-state index in [1.165, 1.54) is 0 Å². The van der Waals surface area contributed by atoms with Crippen molar-refractivity contribution in [2.75, 3.05) is 51.9 Å². The first-order valence-electron chi connectivity index (χ1n) is 9.71. The van der Waals surface area contributed by atoms with Crippen LogP contribution in [0, 0.1) is 0 Å². The lowest BCUT2D eigenvalue weighted by Gasteiger charge is -2.38. The highest BCUT2D eigenvalue weighted by Gasteiger charge is 2.26. The number of amides is 2. The standard InChI is InChI=1S/C21H25ClN4O3/c1-25-8-10-26(11-9-25)18(15-2-7-19-20(12-15)29-14-28-19)13-23-21(27)24-17-5-3-16(22)4-6-17/h2-7,12,18H,8-11,13-14H2,1H3,(H2,23,24,27). The zero-order valence-electron chi connectivity index (χ0n) is 16.4. The van der Waals surface area contributed by atoms with Crippen molar-refractivity contribution in [3.63, 3.8) is 0 Å². The molecule has 29 heavy (non-hydrogen) atoms. The molecule has 2 heterocycles. The number of nitrogens with one attached hydrogen (secondary N) is 2. The summed E-state index contributed by atoms with van der Waals surface area (Å²) in [4.78, 5) is 17.1. The third kappa shape index (κ3) is 4.93. The Balaban J connectivity index is 1.45. The Hall–Kier alpha value is -2.48. The first-order valence-corrected chi connectivity index (χ1v) is 10.1. The summed E-state index contributed by atoms with van der Waals surface area (Å²) in [6, 6.07) is 12.9. The maximum atomic E-state index is 12.4.